The van der Waals surface area contributed by atoms with E-state index < -0.39 is 6.36 Å². The van der Waals surface area contributed by atoms with Crippen LogP contribution in [-0.4, -0.2) is 22.2 Å². The molecule has 2 rings (SSSR count). The summed E-state index contributed by atoms with van der Waals surface area (Å²) in [7, 11) is 0. The molecule has 0 aliphatic heterocycles. The first-order chi connectivity index (χ1) is 14.2. The summed E-state index contributed by atoms with van der Waals surface area (Å²) >= 11 is 1.20. The second kappa shape index (κ2) is 11.9. The van der Waals surface area contributed by atoms with E-state index in [9.17, 15) is 18.0 Å². The van der Waals surface area contributed by atoms with E-state index in [-0.39, 0.29) is 18.2 Å². The highest BCUT2D eigenvalue weighted by Crippen LogP contribution is 2.30. The molecule has 1 N–H and O–H groups in total. The van der Waals surface area contributed by atoms with Gasteiger partial charge >= 0.3 is 6.36 Å². The molecular formula is C21H22F3N3O2S. The number of aromatic nitrogens is 2. The Kier molecular flexibility index (Phi) is 9.92. The van der Waals surface area contributed by atoms with Gasteiger partial charge in [-0.05, 0) is 61.2 Å². The van der Waals surface area contributed by atoms with Crippen molar-refractivity contribution in [2.45, 2.75) is 45.6 Å². The number of ether oxygens (including phenoxy) is 1. The van der Waals surface area contributed by atoms with Crippen molar-refractivity contribution in [2.24, 2.45) is 0 Å². The first-order valence-electron chi connectivity index (χ1n) is 8.96. The highest BCUT2D eigenvalue weighted by Gasteiger charge is 2.31. The second-order valence-corrected chi connectivity index (χ2v) is 6.16. The standard InChI is InChI=1S/C19H16F3N3O2S.C2H6/c1-4-10-28-18-12(3)17(24-15(25-18)11-23-16(26)5-2)13-6-8-14(9-7-13)27-19(20,21)22;1-2/h5-9H,2,11H2,1,3H3,(H,23,26);1-2H3. The van der Waals surface area contributed by atoms with Gasteiger partial charge in [-0.15, -0.1) is 13.2 Å². The van der Waals surface area contributed by atoms with Crippen LogP contribution in [0.3, 0.4) is 0 Å². The fraction of sp³-hybridized carbons (Fsp3) is 0.286. The molecule has 1 heterocycles. The van der Waals surface area contributed by atoms with E-state index in [0.717, 1.165) is 11.6 Å². The minimum absolute atomic E-state index is 0.0700. The Labute approximate surface area is 178 Å². The third kappa shape index (κ3) is 7.79. The van der Waals surface area contributed by atoms with Crippen LogP contribution in [-0.2, 0) is 11.3 Å². The van der Waals surface area contributed by atoms with Crippen LogP contribution in [0.15, 0.2) is 41.9 Å². The molecule has 30 heavy (non-hydrogen) atoms. The van der Waals surface area contributed by atoms with Crippen molar-refractivity contribution >= 4 is 17.7 Å². The number of thioether (sulfide) groups is 1. The molecule has 0 radical (unpaired) electrons. The maximum Gasteiger partial charge on any atom is 0.573 e. The molecule has 0 saturated heterocycles. The number of halogens is 3. The zero-order chi connectivity index (χ0) is 22.7. The monoisotopic (exact) mass is 437 g/mol. The van der Waals surface area contributed by atoms with Crippen molar-refractivity contribution in [3.8, 4) is 28.2 Å². The molecule has 1 aromatic heterocycles. The number of carbonyl (C=O) groups excluding carboxylic acids is 1. The van der Waals surface area contributed by atoms with E-state index in [0.29, 0.717) is 22.1 Å². The quantitative estimate of drug-likeness (QED) is 0.289. The molecule has 0 atom stereocenters. The van der Waals surface area contributed by atoms with Crippen molar-refractivity contribution in [1.82, 2.24) is 15.3 Å². The number of benzene rings is 1. The van der Waals surface area contributed by atoms with E-state index in [4.69, 9.17) is 0 Å². The summed E-state index contributed by atoms with van der Waals surface area (Å²) in [6, 6.07) is 5.37. The molecule has 0 fully saturated rings. The molecule has 0 aliphatic carbocycles. The van der Waals surface area contributed by atoms with Crippen molar-refractivity contribution in [1.29, 1.82) is 0 Å². The summed E-state index contributed by atoms with van der Waals surface area (Å²) in [5.41, 5.74) is 1.82. The van der Waals surface area contributed by atoms with Gasteiger partial charge in [0.15, 0.2) is 0 Å². The second-order valence-electron chi connectivity index (χ2n) is 5.37. The van der Waals surface area contributed by atoms with Crippen molar-refractivity contribution in [3.05, 3.63) is 48.3 Å². The number of carbonyl (C=O) groups is 1. The largest absolute Gasteiger partial charge is 0.573 e. The summed E-state index contributed by atoms with van der Waals surface area (Å²) < 4.78 is 40.9. The average molecular weight is 437 g/mol. The van der Waals surface area contributed by atoms with Gasteiger partial charge in [-0.25, -0.2) is 9.97 Å². The SMILES string of the molecule is C=CC(=O)NCc1nc(SC#CC)c(C)c(-c2ccc(OC(F)(F)F)cc2)n1.CC. The van der Waals surface area contributed by atoms with Crippen LogP contribution in [0.1, 0.15) is 32.2 Å². The van der Waals surface area contributed by atoms with Gasteiger partial charge in [0.1, 0.15) is 16.6 Å². The number of nitrogens with zero attached hydrogens (tertiary/aromatic N) is 2. The molecule has 0 unspecified atom stereocenters. The predicted octanol–water partition coefficient (Wildman–Crippen LogP) is 5.25. The van der Waals surface area contributed by atoms with Gasteiger partial charge in [-0.2, -0.15) is 0 Å². The molecule has 0 bridgehead atoms. The van der Waals surface area contributed by atoms with Gasteiger partial charge in [0, 0.05) is 11.1 Å². The van der Waals surface area contributed by atoms with E-state index in [2.05, 4.69) is 37.8 Å². The van der Waals surface area contributed by atoms with E-state index >= 15 is 0 Å². The molecule has 0 saturated carbocycles. The lowest BCUT2D eigenvalue weighted by atomic mass is 10.1. The summed E-state index contributed by atoms with van der Waals surface area (Å²) in [6.07, 6.45) is -3.63. The maximum atomic E-state index is 12.3. The number of hydrogen-bond donors (Lipinski definition) is 1. The molecule has 1 aromatic carbocycles. The van der Waals surface area contributed by atoms with Gasteiger partial charge in [-0.3, -0.25) is 4.79 Å². The molecule has 2 aromatic rings. The summed E-state index contributed by atoms with van der Waals surface area (Å²) in [4.78, 5) is 20.2. The molecule has 1 amide bonds. The fourth-order valence-electron chi connectivity index (χ4n) is 2.15. The maximum absolute atomic E-state index is 12.3. The molecule has 5 nitrogen and oxygen atoms in total. The lowest BCUT2D eigenvalue weighted by Gasteiger charge is -2.13. The van der Waals surface area contributed by atoms with E-state index in [1.807, 2.05) is 13.8 Å². The summed E-state index contributed by atoms with van der Waals surface area (Å²) in [5.74, 6) is 2.40. The Balaban J connectivity index is 0.00000218. The first-order valence-corrected chi connectivity index (χ1v) is 9.77. The van der Waals surface area contributed by atoms with Crippen LogP contribution in [0.25, 0.3) is 11.3 Å². The lowest BCUT2D eigenvalue weighted by Crippen LogP contribution is -2.22. The van der Waals surface area contributed by atoms with E-state index in [1.54, 1.807) is 13.8 Å². The Morgan fingerprint density at radius 2 is 1.90 bits per heavy atom. The van der Waals surface area contributed by atoms with Gasteiger partial charge in [0.05, 0.1) is 12.2 Å². The topological polar surface area (TPSA) is 64.1 Å². The van der Waals surface area contributed by atoms with Crippen LogP contribution >= 0.6 is 11.8 Å². The molecule has 160 valence electrons. The van der Waals surface area contributed by atoms with Crippen LogP contribution < -0.4 is 10.1 Å². The average Bonchev–Trinajstić information content (AvgIpc) is 2.72. The third-order valence-corrected chi connectivity index (χ3v) is 4.26. The van der Waals surface area contributed by atoms with Crippen LogP contribution in [0.4, 0.5) is 13.2 Å². The van der Waals surface area contributed by atoms with Gasteiger partial charge in [0.2, 0.25) is 5.91 Å². The summed E-state index contributed by atoms with van der Waals surface area (Å²) in [5, 5.41) is 6.04. The number of rotatable bonds is 6. The van der Waals surface area contributed by atoms with Gasteiger partial charge in [-0.1, -0.05) is 26.3 Å². The van der Waals surface area contributed by atoms with E-state index in [1.165, 1.54) is 36.0 Å². The van der Waals surface area contributed by atoms with Crippen molar-refractivity contribution in [3.63, 3.8) is 0 Å². The zero-order valence-corrected chi connectivity index (χ0v) is 17.9. The minimum Gasteiger partial charge on any atom is -0.406 e. The Bertz CT molecular complexity index is 933. The Morgan fingerprint density at radius 3 is 2.43 bits per heavy atom. The molecule has 0 spiro atoms. The van der Waals surface area contributed by atoms with Crippen LogP contribution in [0.2, 0.25) is 0 Å². The number of amides is 1. The van der Waals surface area contributed by atoms with Gasteiger partial charge < -0.3 is 10.1 Å². The Hall–Kier alpha value is -2.99. The normalized spacial score (nSPS) is 10.1. The van der Waals surface area contributed by atoms with Gasteiger partial charge in [0.25, 0.3) is 0 Å². The highest BCUT2D eigenvalue weighted by atomic mass is 32.2. The number of alkyl halides is 3. The number of nitrogens with one attached hydrogen (secondary N) is 1. The smallest absolute Gasteiger partial charge is 0.406 e. The molecule has 0 aliphatic rings. The first kappa shape index (κ1) is 25.0. The Morgan fingerprint density at radius 1 is 1.27 bits per heavy atom. The lowest BCUT2D eigenvalue weighted by molar-refractivity contribution is -0.274. The van der Waals surface area contributed by atoms with Crippen molar-refractivity contribution in [2.75, 3.05) is 0 Å². The minimum atomic E-state index is -4.76. The number of hydrogen-bond acceptors (Lipinski definition) is 5. The molecule has 9 heteroatoms. The molecular weight excluding hydrogens is 415 g/mol. The predicted molar refractivity (Wildman–Crippen MR) is 112 cm³/mol. The third-order valence-electron chi connectivity index (χ3n) is 3.36. The van der Waals surface area contributed by atoms with Crippen LogP contribution in [0.5, 0.6) is 5.75 Å². The van der Waals surface area contributed by atoms with Crippen LogP contribution in [0, 0.1) is 18.1 Å². The zero-order valence-electron chi connectivity index (χ0n) is 17.1. The highest BCUT2D eigenvalue weighted by molar-refractivity contribution is 8.03. The fourth-order valence-corrected chi connectivity index (χ4v) is 2.75. The summed E-state index contributed by atoms with van der Waals surface area (Å²) in [6.45, 7) is 10.9. The van der Waals surface area contributed by atoms with Crippen molar-refractivity contribution < 1.29 is 22.7 Å².